The van der Waals surface area contributed by atoms with Crippen molar-refractivity contribution in [1.82, 2.24) is 5.32 Å². The molecule has 3 unspecified atom stereocenters. The van der Waals surface area contributed by atoms with Gasteiger partial charge in [-0.2, -0.15) is 0 Å². The molecule has 5 nitrogen and oxygen atoms in total. The van der Waals surface area contributed by atoms with Gasteiger partial charge < -0.3 is 15.2 Å². The van der Waals surface area contributed by atoms with Crippen molar-refractivity contribution in [2.75, 3.05) is 6.54 Å². The molecule has 2 saturated carbocycles. The third-order valence-corrected chi connectivity index (χ3v) is 5.16. The van der Waals surface area contributed by atoms with Crippen LogP contribution in [0.3, 0.4) is 0 Å². The number of alkyl carbamates (subject to hydrolysis) is 1. The Bertz CT molecular complexity index is 559. The van der Waals surface area contributed by atoms with E-state index in [1.165, 1.54) is 0 Å². The van der Waals surface area contributed by atoms with Crippen molar-refractivity contribution in [3.8, 4) is 0 Å². The normalized spacial score (nSPS) is 29.3. The van der Waals surface area contributed by atoms with Gasteiger partial charge in [0.05, 0.1) is 5.41 Å². The van der Waals surface area contributed by atoms with E-state index in [1.54, 1.807) is 0 Å². The fourth-order valence-corrected chi connectivity index (χ4v) is 4.00. The summed E-state index contributed by atoms with van der Waals surface area (Å²) in [5.41, 5.74) is 0.111. The summed E-state index contributed by atoms with van der Waals surface area (Å²) in [5.74, 6) is -0.101. The summed E-state index contributed by atoms with van der Waals surface area (Å²) in [6.07, 6.45) is 3.18. The highest BCUT2D eigenvalue weighted by Crippen LogP contribution is 2.55. The van der Waals surface area contributed by atoms with E-state index in [4.69, 9.17) is 4.74 Å². The van der Waals surface area contributed by atoms with Gasteiger partial charge >= 0.3 is 12.1 Å². The maximum absolute atomic E-state index is 11.8. The van der Waals surface area contributed by atoms with Gasteiger partial charge in [-0.15, -0.1) is 0 Å². The standard InChI is InChI=1S/C17H21NO4/c19-15(20)17(9-13-6-7-14(17)8-13)11-18-16(21)22-10-12-4-2-1-3-5-12/h1-5,13-14H,6-11H2,(H,18,21)(H,19,20). The Morgan fingerprint density at radius 1 is 1.27 bits per heavy atom. The summed E-state index contributed by atoms with van der Waals surface area (Å²) in [5, 5.41) is 12.3. The van der Waals surface area contributed by atoms with E-state index < -0.39 is 17.5 Å². The zero-order valence-corrected chi connectivity index (χ0v) is 12.5. The minimum absolute atomic E-state index is 0.164. The molecule has 3 atom stereocenters. The Labute approximate surface area is 129 Å². The first-order valence-corrected chi connectivity index (χ1v) is 7.78. The van der Waals surface area contributed by atoms with Crippen molar-refractivity contribution in [1.29, 1.82) is 0 Å². The number of carbonyl (C=O) groups excluding carboxylic acids is 1. The maximum Gasteiger partial charge on any atom is 0.407 e. The number of nitrogens with one attached hydrogen (secondary N) is 1. The van der Waals surface area contributed by atoms with Crippen LogP contribution in [0.5, 0.6) is 0 Å². The van der Waals surface area contributed by atoms with Crippen LogP contribution in [0.2, 0.25) is 0 Å². The molecule has 0 spiro atoms. The van der Waals surface area contributed by atoms with E-state index in [9.17, 15) is 14.7 Å². The van der Waals surface area contributed by atoms with Crippen molar-refractivity contribution in [2.45, 2.75) is 32.3 Å². The quantitative estimate of drug-likeness (QED) is 0.877. The molecular weight excluding hydrogens is 282 g/mol. The predicted molar refractivity (Wildman–Crippen MR) is 80.1 cm³/mol. The lowest BCUT2D eigenvalue weighted by Crippen LogP contribution is -2.46. The molecule has 2 bridgehead atoms. The molecule has 2 aliphatic carbocycles. The van der Waals surface area contributed by atoms with Crippen molar-refractivity contribution in [2.24, 2.45) is 17.3 Å². The average Bonchev–Trinajstić information content (AvgIpc) is 3.13. The molecule has 1 aromatic carbocycles. The van der Waals surface area contributed by atoms with Gasteiger partial charge in [0.25, 0.3) is 0 Å². The van der Waals surface area contributed by atoms with Crippen LogP contribution in [0.25, 0.3) is 0 Å². The van der Waals surface area contributed by atoms with E-state index in [2.05, 4.69) is 5.32 Å². The van der Waals surface area contributed by atoms with Gasteiger partial charge in [-0.1, -0.05) is 36.8 Å². The highest BCUT2D eigenvalue weighted by molar-refractivity contribution is 5.77. The molecule has 0 aliphatic heterocycles. The number of ether oxygens (including phenoxy) is 1. The number of aliphatic carboxylic acids is 1. The summed E-state index contributed by atoms with van der Waals surface area (Å²) in [4.78, 5) is 23.5. The van der Waals surface area contributed by atoms with Gasteiger partial charge in [0.2, 0.25) is 0 Å². The van der Waals surface area contributed by atoms with Crippen LogP contribution in [-0.4, -0.2) is 23.7 Å². The van der Waals surface area contributed by atoms with Gasteiger partial charge in [0.1, 0.15) is 6.61 Å². The van der Waals surface area contributed by atoms with Gasteiger partial charge in [0, 0.05) is 6.54 Å². The van der Waals surface area contributed by atoms with E-state index in [0.29, 0.717) is 12.3 Å². The van der Waals surface area contributed by atoms with Gasteiger partial charge in [0.15, 0.2) is 0 Å². The maximum atomic E-state index is 11.8. The SMILES string of the molecule is O=C(NCC1(C(=O)O)CC2CCC1C2)OCc1ccccc1. The smallest absolute Gasteiger partial charge is 0.407 e. The minimum atomic E-state index is -0.797. The minimum Gasteiger partial charge on any atom is -0.481 e. The molecule has 3 rings (SSSR count). The first-order chi connectivity index (χ1) is 10.6. The van der Waals surface area contributed by atoms with Crippen LogP contribution in [0.1, 0.15) is 31.2 Å². The molecule has 2 aliphatic rings. The number of fused-ring (bicyclic) bond motifs is 2. The van der Waals surface area contributed by atoms with E-state index in [0.717, 1.165) is 24.8 Å². The van der Waals surface area contributed by atoms with Crippen LogP contribution in [0.15, 0.2) is 30.3 Å². The number of carbonyl (C=O) groups is 2. The molecule has 5 heteroatoms. The van der Waals surface area contributed by atoms with E-state index >= 15 is 0 Å². The van der Waals surface area contributed by atoms with Gasteiger partial charge in [-0.3, -0.25) is 4.79 Å². The summed E-state index contributed by atoms with van der Waals surface area (Å²) in [6, 6.07) is 9.41. The van der Waals surface area contributed by atoms with Crippen LogP contribution < -0.4 is 5.32 Å². The highest BCUT2D eigenvalue weighted by Gasteiger charge is 2.55. The Kier molecular flexibility index (Phi) is 4.05. The highest BCUT2D eigenvalue weighted by atomic mass is 16.5. The number of hydrogen-bond donors (Lipinski definition) is 2. The topological polar surface area (TPSA) is 75.6 Å². The molecule has 0 saturated heterocycles. The van der Waals surface area contributed by atoms with Crippen LogP contribution in [0.4, 0.5) is 4.79 Å². The molecule has 0 aromatic heterocycles. The second-order valence-corrected chi connectivity index (χ2v) is 6.46. The molecular formula is C17H21NO4. The summed E-state index contributed by atoms with van der Waals surface area (Å²) >= 11 is 0. The Morgan fingerprint density at radius 2 is 2.05 bits per heavy atom. The number of amides is 1. The average molecular weight is 303 g/mol. The molecule has 2 fully saturated rings. The lowest BCUT2D eigenvalue weighted by Gasteiger charge is -2.33. The Hall–Kier alpha value is -2.04. The molecule has 0 radical (unpaired) electrons. The fourth-order valence-electron chi connectivity index (χ4n) is 4.00. The Balaban J connectivity index is 1.52. The summed E-state index contributed by atoms with van der Waals surface area (Å²) in [6.45, 7) is 0.357. The second-order valence-electron chi connectivity index (χ2n) is 6.46. The molecule has 118 valence electrons. The van der Waals surface area contributed by atoms with Crippen LogP contribution in [0, 0.1) is 17.3 Å². The van der Waals surface area contributed by atoms with Crippen molar-refractivity contribution < 1.29 is 19.4 Å². The van der Waals surface area contributed by atoms with Crippen LogP contribution in [-0.2, 0) is 16.1 Å². The number of hydrogen-bond acceptors (Lipinski definition) is 3. The predicted octanol–water partition coefficient (Wildman–Crippen LogP) is 2.80. The zero-order chi connectivity index (χ0) is 15.6. The number of carboxylic acids is 1. The first-order valence-electron chi connectivity index (χ1n) is 7.78. The van der Waals surface area contributed by atoms with Crippen molar-refractivity contribution in [3.63, 3.8) is 0 Å². The van der Waals surface area contributed by atoms with Gasteiger partial charge in [-0.25, -0.2) is 4.79 Å². The van der Waals surface area contributed by atoms with E-state index in [-0.39, 0.29) is 19.1 Å². The molecule has 0 heterocycles. The van der Waals surface area contributed by atoms with Crippen molar-refractivity contribution in [3.05, 3.63) is 35.9 Å². The molecule has 1 amide bonds. The number of rotatable bonds is 5. The van der Waals surface area contributed by atoms with Crippen molar-refractivity contribution >= 4 is 12.1 Å². The lowest BCUT2D eigenvalue weighted by molar-refractivity contribution is -0.152. The molecule has 1 aromatic rings. The molecule has 2 N–H and O–H groups in total. The monoisotopic (exact) mass is 303 g/mol. The van der Waals surface area contributed by atoms with Gasteiger partial charge in [-0.05, 0) is 36.7 Å². The summed E-state index contributed by atoms with van der Waals surface area (Å²) < 4.78 is 5.15. The summed E-state index contributed by atoms with van der Waals surface area (Å²) in [7, 11) is 0. The number of benzene rings is 1. The third-order valence-electron chi connectivity index (χ3n) is 5.16. The Morgan fingerprint density at radius 3 is 2.64 bits per heavy atom. The number of carboxylic acid groups (broad SMARTS) is 1. The zero-order valence-electron chi connectivity index (χ0n) is 12.5. The second kappa shape index (κ2) is 5.99. The lowest BCUT2D eigenvalue weighted by atomic mass is 9.73. The first kappa shape index (κ1) is 14.9. The van der Waals surface area contributed by atoms with Crippen LogP contribution >= 0.6 is 0 Å². The largest absolute Gasteiger partial charge is 0.481 e. The van der Waals surface area contributed by atoms with E-state index in [1.807, 2.05) is 30.3 Å². The third kappa shape index (κ3) is 2.80. The fraction of sp³-hybridized carbons (Fsp3) is 0.529. The molecule has 22 heavy (non-hydrogen) atoms.